The molecular formula is C22H32N4O5S. The third-order valence-electron chi connectivity index (χ3n) is 6.56. The molecule has 1 heterocycles. The molecule has 1 aromatic carbocycles. The van der Waals surface area contributed by atoms with Gasteiger partial charge in [0.2, 0.25) is 15.9 Å². The van der Waals surface area contributed by atoms with Crippen molar-refractivity contribution in [2.24, 2.45) is 5.92 Å². The maximum absolute atomic E-state index is 12.9. The van der Waals surface area contributed by atoms with Gasteiger partial charge in [0.25, 0.3) is 5.91 Å². The minimum absolute atomic E-state index is 0.137. The zero-order valence-electron chi connectivity index (χ0n) is 18.9. The number of anilines is 1. The van der Waals surface area contributed by atoms with Crippen molar-refractivity contribution in [1.29, 1.82) is 0 Å². The molecule has 1 aliphatic heterocycles. The predicted molar refractivity (Wildman–Crippen MR) is 120 cm³/mol. The van der Waals surface area contributed by atoms with Gasteiger partial charge in [-0.25, -0.2) is 13.2 Å². The predicted octanol–water partition coefficient (Wildman–Crippen LogP) is 2.55. The maximum Gasteiger partial charge on any atom is 0.325 e. The van der Waals surface area contributed by atoms with Crippen molar-refractivity contribution in [3.05, 3.63) is 24.3 Å². The first kappa shape index (κ1) is 24.2. The lowest BCUT2D eigenvalue weighted by molar-refractivity contribution is -0.135. The van der Waals surface area contributed by atoms with Crippen LogP contribution in [0.2, 0.25) is 0 Å². The number of hydrogen-bond acceptors (Lipinski definition) is 5. The number of rotatable bonds is 8. The fraction of sp³-hybridized carbons (Fsp3) is 0.591. The molecule has 32 heavy (non-hydrogen) atoms. The summed E-state index contributed by atoms with van der Waals surface area (Å²) in [4.78, 5) is 39.0. The van der Waals surface area contributed by atoms with E-state index < -0.39 is 27.5 Å². The fourth-order valence-corrected chi connectivity index (χ4v) is 5.96. The SMILES string of the molecule is CCC1CCC2(CC1)NC(=O)N(CC(=O)Nc1ccc(S(=O)(=O)N(CC)CC)cc1)C2=O. The zero-order chi connectivity index (χ0) is 23.5. The zero-order valence-corrected chi connectivity index (χ0v) is 19.7. The summed E-state index contributed by atoms with van der Waals surface area (Å²) in [6, 6.07) is 5.30. The van der Waals surface area contributed by atoms with Crippen LogP contribution < -0.4 is 10.6 Å². The Labute approximate surface area is 189 Å². The maximum atomic E-state index is 12.9. The van der Waals surface area contributed by atoms with Crippen LogP contribution in [-0.2, 0) is 19.6 Å². The number of nitrogens with one attached hydrogen (secondary N) is 2. The Bertz CT molecular complexity index is 965. The average molecular weight is 465 g/mol. The molecule has 9 nitrogen and oxygen atoms in total. The highest BCUT2D eigenvalue weighted by Gasteiger charge is 2.52. The van der Waals surface area contributed by atoms with E-state index in [9.17, 15) is 22.8 Å². The van der Waals surface area contributed by atoms with E-state index in [0.29, 0.717) is 37.5 Å². The van der Waals surface area contributed by atoms with Crippen molar-refractivity contribution in [1.82, 2.24) is 14.5 Å². The lowest BCUT2D eigenvalue weighted by Crippen LogP contribution is -2.49. The molecule has 1 aromatic rings. The molecule has 0 atom stereocenters. The summed E-state index contributed by atoms with van der Waals surface area (Å²) in [5, 5.41) is 5.45. The van der Waals surface area contributed by atoms with E-state index in [1.165, 1.54) is 28.6 Å². The van der Waals surface area contributed by atoms with Crippen LogP contribution in [0.3, 0.4) is 0 Å². The smallest absolute Gasteiger partial charge is 0.325 e. The molecule has 4 amide bonds. The molecule has 0 bridgehead atoms. The van der Waals surface area contributed by atoms with Crippen molar-refractivity contribution in [2.75, 3.05) is 25.0 Å². The van der Waals surface area contributed by atoms with Gasteiger partial charge in [-0.1, -0.05) is 27.2 Å². The van der Waals surface area contributed by atoms with Crippen molar-refractivity contribution in [3.8, 4) is 0 Å². The number of carbonyl (C=O) groups excluding carboxylic acids is 3. The van der Waals surface area contributed by atoms with Gasteiger partial charge in [-0.2, -0.15) is 4.31 Å². The van der Waals surface area contributed by atoms with Gasteiger partial charge in [0.1, 0.15) is 12.1 Å². The van der Waals surface area contributed by atoms with Crippen molar-refractivity contribution < 1.29 is 22.8 Å². The molecule has 0 radical (unpaired) electrons. The van der Waals surface area contributed by atoms with Gasteiger partial charge in [0, 0.05) is 18.8 Å². The van der Waals surface area contributed by atoms with Gasteiger partial charge in [0.05, 0.1) is 4.90 Å². The molecule has 1 saturated carbocycles. The van der Waals surface area contributed by atoms with Crippen LogP contribution in [-0.4, -0.2) is 60.6 Å². The monoisotopic (exact) mass is 464 g/mol. The molecule has 10 heteroatoms. The van der Waals surface area contributed by atoms with Crippen LogP contribution in [0.4, 0.5) is 10.5 Å². The number of benzene rings is 1. The van der Waals surface area contributed by atoms with Crippen molar-refractivity contribution in [2.45, 2.75) is 63.3 Å². The molecule has 2 fully saturated rings. The molecule has 3 rings (SSSR count). The minimum Gasteiger partial charge on any atom is -0.325 e. The Morgan fingerprint density at radius 3 is 2.25 bits per heavy atom. The van der Waals surface area contributed by atoms with Gasteiger partial charge in [-0.05, 0) is 55.9 Å². The molecule has 2 aliphatic rings. The summed E-state index contributed by atoms with van der Waals surface area (Å²) >= 11 is 0. The Morgan fingerprint density at radius 1 is 1.12 bits per heavy atom. The second-order valence-electron chi connectivity index (χ2n) is 8.42. The number of nitrogens with zero attached hydrogens (tertiary/aromatic N) is 2. The van der Waals surface area contributed by atoms with Crippen LogP contribution in [0.25, 0.3) is 0 Å². The topological polar surface area (TPSA) is 116 Å². The van der Waals surface area contributed by atoms with Gasteiger partial charge in [-0.15, -0.1) is 0 Å². The number of urea groups is 1. The molecule has 2 N–H and O–H groups in total. The van der Waals surface area contributed by atoms with Crippen LogP contribution in [0, 0.1) is 5.92 Å². The number of amides is 4. The first-order valence-electron chi connectivity index (χ1n) is 11.2. The first-order chi connectivity index (χ1) is 15.2. The second kappa shape index (κ2) is 9.58. The quantitative estimate of drug-likeness (QED) is 0.574. The number of sulfonamides is 1. The standard InChI is InChI=1S/C22H32N4O5S/c1-4-16-11-13-22(14-12-16)20(28)26(21(29)24-22)15-19(27)23-17-7-9-18(10-8-17)32(30,31)25(5-2)6-3/h7-10,16H,4-6,11-15H2,1-3H3,(H,23,27)(H,24,29). The average Bonchev–Trinajstić information content (AvgIpc) is 2.99. The summed E-state index contributed by atoms with van der Waals surface area (Å²) in [5.41, 5.74) is -0.498. The molecule has 1 spiro atoms. The van der Waals surface area contributed by atoms with Crippen LogP contribution in [0.15, 0.2) is 29.2 Å². The van der Waals surface area contributed by atoms with Gasteiger partial charge >= 0.3 is 6.03 Å². The van der Waals surface area contributed by atoms with Crippen molar-refractivity contribution in [3.63, 3.8) is 0 Å². The number of carbonyl (C=O) groups is 3. The summed E-state index contributed by atoms with van der Waals surface area (Å²) < 4.78 is 26.5. The number of hydrogen-bond donors (Lipinski definition) is 2. The lowest BCUT2D eigenvalue weighted by Gasteiger charge is -2.34. The normalized spacial score (nSPS) is 23.6. The molecular weight excluding hydrogens is 432 g/mol. The molecule has 1 aliphatic carbocycles. The van der Waals surface area contributed by atoms with Crippen molar-refractivity contribution >= 4 is 33.6 Å². The van der Waals surface area contributed by atoms with E-state index in [2.05, 4.69) is 17.6 Å². The largest absolute Gasteiger partial charge is 0.325 e. The van der Waals surface area contributed by atoms with E-state index in [4.69, 9.17) is 0 Å². The Kier molecular flexibility index (Phi) is 7.24. The highest BCUT2D eigenvalue weighted by molar-refractivity contribution is 7.89. The highest BCUT2D eigenvalue weighted by atomic mass is 32.2. The molecule has 0 aromatic heterocycles. The fourth-order valence-electron chi connectivity index (χ4n) is 4.50. The third-order valence-corrected chi connectivity index (χ3v) is 8.63. The first-order valence-corrected chi connectivity index (χ1v) is 12.6. The van der Waals surface area contributed by atoms with E-state index in [1.54, 1.807) is 13.8 Å². The lowest BCUT2D eigenvalue weighted by atomic mass is 9.75. The Balaban J connectivity index is 1.62. The summed E-state index contributed by atoms with van der Waals surface area (Å²) in [6.07, 6.45) is 4.00. The Hall–Kier alpha value is -2.46. The van der Waals surface area contributed by atoms with Gasteiger partial charge in [-0.3, -0.25) is 14.5 Å². The molecule has 176 valence electrons. The van der Waals surface area contributed by atoms with E-state index >= 15 is 0 Å². The summed E-state index contributed by atoms with van der Waals surface area (Å²) in [6.45, 7) is 6.01. The highest BCUT2D eigenvalue weighted by Crippen LogP contribution is 2.37. The summed E-state index contributed by atoms with van der Waals surface area (Å²) in [5.74, 6) is -0.295. The van der Waals surface area contributed by atoms with Crippen LogP contribution in [0.5, 0.6) is 0 Å². The molecule has 1 saturated heterocycles. The number of imide groups is 1. The molecule has 0 unspecified atom stereocenters. The summed E-state index contributed by atoms with van der Waals surface area (Å²) in [7, 11) is -3.59. The minimum atomic E-state index is -3.59. The Morgan fingerprint density at radius 2 is 1.72 bits per heavy atom. The van der Waals surface area contributed by atoms with Gasteiger partial charge < -0.3 is 10.6 Å². The van der Waals surface area contributed by atoms with E-state index in [1.807, 2.05) is 0 Å². The third kappa shape index (κ3) is 4.66. The van der Waals surface area contributed by atoms with Crippen LogP contribution in [0.1, 0.15) is 52.9 Å². The van der Waals surface area contributed by atoms with E-state index in [0.717, 1.165) is 24.2 Å². The van der Waals surface area contributed by atoms with Crippen LogP contribution >= 0.6 is 0 Å². The second-order valence-corrected chi connectivity index (χ2v) is 10.4. The van der Waals surface area contributed by atoms with E-state index in [-0.39, 0.29) is 17.3 Å². The van der Waals surface area contributed by atoms with Gasteiger partial charge in [0.15, 0.2) is 0 Å².